The average Bonchev–Trinajstić information content (AvgIpc) is 2.82. The molecule has 0 amide bonds. The summed E-state index contributed by atoms with van der Waals surface area (Å²) in [5.41, 5.74) is 3.14. The fraction of sp³-hybridized carbons (Fsp3) is 0.400. The highest BCUT2D eigenvalue weighted by Gasteiger charge is 2.15. The van der Waals surface area contributed by atoms with E-state index in [-0.39, 0.29) is 5.78 Å². The molecule has 84 valence electrons. The second-order valence-corrected chi connectivity index (χ2v) is 4.40. The van der Waals surface area contributed by atoms with E-state index in [1.807, 2.05) is 18.2 Å². The van der Waals surface area contributed by atoms with E-state index in [9.17, 15) is 4.79 Å². The zero-order valence-corrected chi connectivity index (χ0v) is 9.83. The van der Waals surface area contributed by atoms with Crippen LogP contribution in [-0.4, -0.2) is 5.78 Å². The van der Waals surface area contributed by atoms with Crippen LogP contribution in [-0.2, 0) is 6.42 Å². The molecule has 0 atom stereocenters. The van der Waals surface area contributed by atoms with Gasteiger partial charge in [0.25, 0.3) is 0 Å². The van der Waals surface area contributed by atoms with Crippen LogP contribution in [0.2, 0.25) is 0 Å². The van der Waals surface area contributed by atoms with Gasteiger partial charge in [-0.15, -0.1) is 0 Å². The summed E-state index contributed by atoms with van der Waals surface area (Å²) in [6.45, 7) is 2.16. The number of Topliss-reactive ketones (excluding diaryl/α,β-unsaturated/α-hetero) is 1. The first-order valence-corrected chi connectivity index (χ1v) is 6.14. The summed E-state index contributed by atoms with van der Waals surface area (Å²) in [5.74, 6) is 0.232. The maximum atomic E-state index is 12.1. The summed E-state index contributed by atoms with van der Waals surface area (Å²) < 4.78 is 0. The van der Waals surface area contributed by atoms with Crippen LogP contribution < -0.4 is 0 Å². The molecule has 0 saturated carbocycles. The minimum absolute atomic E-state index is 0.232. The Bertz CT molecular complexity index is 415. The van der Waals surface area contributed by atoms with Gasteiger partial charge in [-0.2, -0.15) is 0 Å². The maximum absolute atomic E-state index is 12.1. The molecule has 0 aromatic heterocycles. The largest absolute Gasteiger partial charge is 0.289 e. The molecule has 1 heteroatoms. The molecule has 0 aliphatic heterocycles. The minimum atomic E-state index is 0.232. The Morgan fingerprint density at radius 3 is 2.94 bits per heavy atom. The van der Waals surface area contributed by atoms with E-state index in [2.05, 4.69) is 19.1 Å². The third-order valence-electron chi connectivity index (χ3n) is 3.06. The number of ketones is 1. The molecule has 0 spiro atoms. The van der Waals surface area contributed by atoms with Crippen LogP contribution >= 0.6 is 0 Å². The van der Waals surface area contributed by atoms with Gasteiger partial charge in [-0.25, -0.2) is 0 Å². The van der Waals surface area contributed by atoms with Crippen LogP contribution in [0.1, 0.15) is 48.5 Å². The standard InChI is InChI=1S/C15H18O/c1-2-6-12-7-5-10-14(11-12)15(16)13-8-3-4-9-13/h5,7-8,10-11H,2-4,6,9H2,1H3. The number of rotatable bonds is 4. The lowest BCUT2D eigenvalue weighted by atomic mass is 9.99. The number of allylic oxidation sites excluding steroid dienone is 2. The quantitative estimate of drug-likeness (QED) is 0.694. The summed E-state index contributed by atoms with van der Waals surface area (Å²) in [4.78, 5) is 12.1. The highest BCUT2D eigenvalue weighted by molar-refractivity contribution is 6.08. The summed E-state index contributed by atoms with van der Waals surface area (Å²) in [5, 5.41) is 0. The third-order valence-corrected chi connectivity index (χ3v) is 3.06. The van der Waals surface area contributed by atoms with Crippen LogP contribution in [0.25, 0.3) is 0 Å². The van der Waals surface area contributed by atoms with Gasteiger partial charge in [-0.05, 0) is 42.9 Å². The molecule has 1 aliphatic carbocycles. The number of aryl methyl sites for hydroxylation is 1. The number of hydrogen-bond donors (Lipinski definition) is 0. The third kappa shape index (κ3) is 2.41. The molecule has 0 saturated heterocycles. The second kappa shape index (κ2) is 5.11. The lowest BCUT2D eigenvalue weighted by Gasteiger charge is -2.04. The van der Waals surface area contributed by atoms with E-state index in [0.717, 1.165) is 43.2 Å². The molecular formula is C15H18O. The van der Waals surface area contributed by atoms with Crippen molar-refractivity contribution in [2.75, 3.05) is 0 Å². The van der Waals surface area contributed by atoms with Gasteiger partial charge in [0.05, 0.1) is 0 Å². The number of carbonyl (C=O) groups excluding carboxylic acids is 1. The molecule has 0 unspecified atom stereocenters. The first kappa shape index (κ1) is 11.1. The Kier molecular flexibility index (Phi) is 3.55. The van der Waals surface area contributed by atoms with Gasteiger partial charge >= 0.3 is 0 Å². The maximum Gasteiger partial charge on any atom is 0.188 e. The molecule has 1 aliphatic rings. The van der Waals surface area contributed by atoms with E-state index in [1.54, 1.807) is 0 Å². The monoisotopic (exact) mass is 214 g/mol. The highest BCUT2D eigenvalue weighted by Crippen LogP contribution is 2.22. The Morgan fingerprint density at radius 2 is 2.25 bits per heavy atom. The van der Waals surface area contributed by atoms with E-state index in [0.29, 0.717) is 0 Å². The van der Waals surface area contributed by atoms with Gasteiger partial charge in [0.2, 0.25) is 0 Å². The van der Waals surface area contributed by atoms with Gasteiger partial charge in [0.15, 0.2) is 5.78 Å². The van der Waals surface area contributed by atoms with Crippen LogP contribution in [0.3, 0.4) is 0 Å². The van der Waals surface area contributed by atoms with Crippen molar-refractivity contribution >= 4 is 5.78 Å². The van der Waals surface area contributed by atoms with Gasteiger partial charge in [0, 0.05) is 5.56 Å². The van der Waals surface area contributed by atoms with Crippen LogP contribution in [0.15, 0.2) is 35.9 Å². The lowest BCUT2D eigenvalue weighted by Crippen LogP contribution is -2.02. The highest BCUT2D eigenvalue weighted by atomic mass is 16.1. The predicted molar refractivity (Wildman–Crippen MR) is 66.7 cm³/mol. The predicted octanol–water partition coefficient (Wildman–Crippen LogP) is 3.93. The molecule has 16 heavy (non-hydrogen) atoms. The summed E-state index contributed by atoms with van der Waals surface area (Å²) in [7, 11) is 0. The molecule has 1 nitrogen and oxygen atoms in total. The topological polar surface area (TPSA) is 17.1 Å². The van der Waals surface area contributed by atoms with Crippen molar-refractivity contribution in [2.24, 2.45) is 0 Å². The summed E-state index contributed by atoms with van der Waals surface area (Å²) in [6.07, 6.45) is 7.43. The van der Waals surface area contributed by atoms with Crippen molar-refractivity contribution in [2.45, 2.75) is 39.0 Å². The van der Waals surface area contributed by atoms with E-state index >= 15 is 0 Å². The van der Waals surface area contributed by atoms with Crippen molar-refractivity contribution < 1.29 is 4.79 Å². The fourth-order valence-electron chi connectivity index (χ4n) is 2.22. The minimum Gasteiger partial charge on any atom is -0.289 e. The van der Waals surface area contributed by atoms with Crippen molar-refractivity contribution in [1.82, 2.24) is 0 Å². The zero-order valence-electron chi connectivity index (χ0n) is 9.83. The van der Waals surface area contributed by atoms with Gasteiger partial charge < -0.3 is 0 Å². The zero-order chi connectivity index (χ0) is 11.4. The Hall–Kier alpha value is -1.37. The molecule has 1 aromatic rings. The molecular weight excluding hydrogens is 196 g/mol. The fourth-order valence-corrected chi connectivity index (χ4v) is 2.22. The number of benzene rings is 1. The molecule has 0 radical (unpaired) electrons. The van der Waals surface area contributed by atoms with Crippen molar-refractivity contribution in [1.29, 1.82) is 0 Å². The Labute approximate surface area is 97.2 Å². The number of carbonyl (C=O) groups is 1. The van der Waals surface area contributed by atoms with Gasteiger partial charge in [-0.3, -0.25) is 4.79 Å². The molecule has 1 aromatic carbocycles. The Morgan fingerprint density at radius 1 is 1.38 bits per heavy atom. The van der Waals surface area contributed by atoms with Crippen molar-refractivity contribution in [3.63, 3.8) is 0 Å². The first-order chi connectivity index (χ1) is 7.81. The molecule has 0 bridgehead atoms. The molecule has 0 heterocycles. The van der Waals surface area contributed by atoms with Crippen LogP contribution in [0.4, 0.5) is 0 Å². The van der Waals surface area contributed by atoms with Crippen molar-refractivity contribution in [3.05, 3.63) is 47.0 Å². The summed E-state index contributed by atoms with van der Waals surface area (Å²) in [6, 6.07) is 8.07. The lowest BCUT2D eigenvalue weighted by molar-refractivity contribution is 0.103. The van der Waals surface area contributed by atoms with Crippen LogP contribution in [0, 0.1) is 0 Å². The van der Waals surface area contributed by atoms with E-state index < -0.39 is 0 Å². The Balaban J connectivity index is 2.19. The van der Waals surface area contributed by atoms with E-state index in [1.165, 1.54) is 5.56 Å². The number of hydrogen-bond acceptors (Lipinski definition) is 1. The smallest absolute Gasteiger partial charge is 0.188 e. The average molecular weight is 214 g/mol. The molecule has 2 rings (SSSR count). The second-order valence-electron chi connectivity index (χ2n) is 4.40. The van der Waals surface area contributed by atoms with E-state index in [4.69, 9.17) is 0 Å². The summed E-state index contributed by atoms with van der Waals surface area (Å²) >= 11 is 0. The van der Waals surface area contributed by atoms with Crippen molar-refractivity contribution in [3.8, 4) is 0 Å². The van der Waals surface area contributed by atoms with Gasteiger partial charge in [-0.1, -0.05) is 37.6 Å². The molecule has 0 N–H and O–H groups in total. The van der Waals surface area contributed by atoms with Gasteiger partial charge in [0.1, 0.15) is 0 Å². The molecule has 0 fully saturated rings. The SMILES string of the molecule is CCCc1cccc(C(=O)C2=CCCC2)c1. The van der Waals surface area contributed by atoms with Crippen LogP contribution in [0.5, 0.6) is 0 Å². The normalized spacial score (nSPS) is 14.9. The first-order valence-electron chi connectivity index (χ1n) is 6.14.